The first-order valence-electron chi connectivity index (χ1n) is 5.14. The summed E-state index contributed by atoms with van der Waals surface area (Å²) in [5.41, 5.74) is 6.69. The number of halogens is 2. The molecule has 0 atom stereocenters. The summed E-state index contributed by atoms with van der Waals surface area (Å²) in [5, 5.41) is 7.81. The molecule has 0 amide bonds. The molecule has 0 bridgehead atoms. The zero-order valence-corrected chi connectivity index (χ0v) is 15.7. The summed E-state index contributed by atoms with van der Waals surface area (Å²) in [5.74, 6) is 0. The minimum atomic E-state index is -0.250. The van der Waals surface area contributed by atoms with Gasteiger partial charge in [0.2, 0.25) is 0 Å². The number of hydrogen-bond donors (Lipinski definition) is 1. The molecule has 0 aromatic rings. The van der Waals surface area contributed by atoms with Gasteiger partial charge < -0.3 is 25.2 Å². The van der Waals surface area contributed by atoms with Crippen LogP contribution >= 0.6 is 24.8 Å². The van der Waals surface area contributed by atoms with E-state index in [-0.39, 0.29) is 44.4 Å². The van der Waals surface area contributed by atoms with Crippen molar-refractivity contribution in [3.63, 3.8) is 0 Å². The Morgan fingerprint density at radius 3 is 1.74 bits per heavy atom. The van der Waals surface area contributed by atoms with Crippen LogP contribution < -0.4 is 0 Å². The van der Waals surface area contributed by atoms with E-state index in [1.165, 1.54) is 0 Å². The molecule has 0 fully saturated rings. The Hall–Kier alpha value is 0.564. The zero-order chi connectivity index (χ0) is 13.4. The minimum Gasteiger partial charge on any atom is -0.358 e. The molecule has 0 heterocycles. The van der Waals surface area contributed by atoms with Gasteiger partial charge in [-0.1, -0.05) is 20.8 Å². The smallest absolute Gasteiger partial charge is 0.358 e. The van der Waals surface area contributed by atoms with Crippen molar-refractivity contribution >= 4 is 29.6 Å². The summed E-state index contributed by atoms with van der Waals surface area (Å²) in [6.45, 7) is 9.12. The molecule has 1 aliphatic carbocycles. The average Bonchev–Trinajstić information content (AvgIpc) is 2.76. The Labute approximate surface area is 144 Å². The average molecular weight is 346 g/mol. The predicted molar refractivity (Wildman–Crippen MR) is 90.7 cm³/mol. The first-order chi connectivity index (χ1) is 7.41. The Morgan fingerprint density at radius 2 is 1.68 bits per heavy atom. The van der Waals surface area contributed by atoms with E-state index < -0.39 is 0 Å². The van der Waals surface area contributed by atoms with Crippen LogP contribution in [0, 0.1) is 20.4 Å². The van der Waals surface area contributed by atoms with Crippen molar-refractivity contribution in [3.8, 4) is 0 Å². The van der Waals surface area contributed by atoms with E-state index in [2.05, 4.69) is 23.9 Å². The molecule has 5 heteroatoms. The summed E-state index contributed by atoms with van der Waals surface area (Å²) in [7, 11) is 0. The van der Waals surface area contributed by atoms with Gasteiger partial charge >= 0.3 is 24.8 Å². The number of aliphatic hydroxyl groups excluding tert-OH is 1. The van der Waals surface area contributed by atoms with Crippen LogP contribution in [-0.2, 0) is 20.0 Å². The van der Waals surface area contributed by atoms with E-state index in [4.69, 9.17) is 10.8 Å². The Balaban J connectivity index is -0.0000000293. The Bertz CT molecular complexity index is 163. The van der Waals surface area contributed by atoms with Gasteiger partial charge in [-0.3, -0.25) is 6.08 Å². The molecule has 0 aromatic heterocycles. The molecule has 1 aliphatic rings. The third-order valence-electron chi connectivity index (χ3n) is 0.744. The maximum atomic E-state index is 7.81. The van der Waals surface area contributed by atoms with E-state index in [1.54, 1.807) is 20.0 Å². The second kappa shape index (κ2) is 31.1. The van der Waals surface area contributed by atoms with Gasteiger partial charge in [-0.05, 0) is 0 Å². The van der Waals surface area contributed by atoms with Crippen LogP contribution in [0.3, 0.4) is 0 Å². The number of aliphatic hydroxyl groups is 1. The van der Waals surface area contributed by atoms with Gasteiger partial charge in [0.05, 0.1) is 0 Å². The van der Waals surface area contributed by atoms with Crippen molar-refractivity contribution in [2.75, 3.05) is 6.61 Å². The number of nitrogens with one attached hydrogen (secondary N) is 1. The molecule has 118 valence electrons. The minimum absolute atomic E-state index is 0. The van der Waals surface area contributed by atoms with Crippen molar-refractivity contribution in [3.05, 3.63) is 44.4 Å². The third kappa shape index (κ3) is 118. The second-order valence-electron chi connectivity index (χ2n) is 3.83. The fourth-order valence-electron chi connectivity index (χ4n) is 0.340. The van der Waals surface area contributed by atoms with Crippen LogP contribution in [0.2, 0.25) is 0 Å². The standard InChI is InChI=1S/C5H5.C4H10N.C3H7O.CH3.CH2.2ClH.Ti/c1-2-4-5-3-1;1-4(2,3)5;1-2-3-4;;;;;/h1-3H,4H2;5H,1-3H3;4H,1-3H2;1H3;1H2;2*1H;/q4*-1;;;;. The summed E-state index contributed by atoms with van der Waals surface area (Å²) in [6.07, 6.45) is 10.6. The van der Waals surface area contributed by atoms with Crippen molar-refractivity contribution in [2.24, 2.45) is 0 Å². The topological polar surface area (TPSA) is 44.0 Å². The van der Waals surface area contributed by atoms with Crippen LogP contribution in [0.15, 0.2) is 18.2 Å². The van der Waals surface area contributed by atoms with Gasteiger partial charge in [0, 0.05) is 6.61 Å². The largest absolute Gasteiger partial charge is 0.358 e. The van der Waals surface area contributed by atoms with Crippen molar-refractivity contribution in [1.82, 2.24) is 0 Å². The first kappa shape index (κ1) is 36.6. The molecule has 0 saturated heterocycles. The van der Waals surface area contributed by atoms with Gasteiger partial charge in [0.1, 0.15) is 0 Å². The second-order valence-corrected chi connectivity index (χ2v) is 3.83. The van der Waals surface area contributed by atoms with Crippen LogP contribution in [0.25, 0.3) is 5.73 Å². The quantitative estimate of drug-likeness (QED) is 0.547. The van der Waals surface area contributed by atoms with Gasteiger partial charge in [0.25, 0.3) is 0 Å². The maximum absolute atomic E-state index is 7.81. The molecular weight excluding hydrogens is 317 g/mol. The molecule has 0 radical (unpaired) electrons. The molecule has 0 saturated carbocycles. The predicted octanol–water partition coefficient (Wildman–Crippen LogP) is 4.60. The monoisotopic (exact) mass is 345 g/mol. The molecule has 19 heavy (non-hydrogen) atoms. The molecule has 2 nitrogen and oxygen atoms in total. The molecule has 0 aromatic carbocycles. The zero-order valence-electron chi connectivity index (χ0n) is 12.5. The number of hydrogen-bond acceptors (Lipinski definition) is 1. The summed E-state index contributed by atoms with van der Waals surface area (Å²) in [4.78, 5) is 3.25. The van der Waals surface area contributed by atoms with Crippen molar-refractivity contribution < 1.29 is 25.1 Å². The fraction of sp³-hybridized carbons (Fsp3) is 0.500. The van der Waals surface area contributed by atoms with E-state index in [1.807, 2.05) is 32.9 Å². The van der Waals surface area contributed by atoms with Crippen LogP contribution in [0.4, 0.5) is 0 Å². The van der Waals surface area contributed by atoms with Crippen molar-refractivity contribution in [2.45, 2.75) is 39.2 Å². The van der Waals surface area contributed by atoms with E-state index in [9.17, 15) is 0 Å². The van der Waals surface area contributed by atoms with E-state index in [0.717, 1.165) is 6.42 Å². The summed E-state index contributed by atoms with van der Waals surface area (Å²) in [6, 6.07) is 0. The molecule has 0 unspecified atom stereocenters. The molecule has 1 rings (SSSR count). The van der Waals surface area contributed by atoms with Crippen molar-refractivity contribution in [1.29, 1.82) is 0 Å². The van der Waals surface area contributed by atoms with E-state index >= 15 is 0 Å². The van der Waals surface area contributed by atoms with Gasteiger partial charge in [0.15, 0.2) is 0 Å². The van der Waals surface area contributed by atoms with Gasteiger partial charge in [-0.2, -0.15) is 12.5 Å². The first-order valence-corrected chi connectivity index (χ1v) is 6.24. The maximum Gasteiger partial charge on any atom is -0.358 e. The van der Waals surface area contributed by atoms with Crippen LogP contribution in [-0.4, -0.2) is 22.1 Å². The number of rotatable bonds is 1. The fourth-order valence-corrected chi connectivity index (χ4v) is 0.340. The van der Waals surface area contributed by atoms with Crippen LogP contribution in [0.5, 0.6) is 0 Å². The van der Waals surface area contributed by atoms with E-state index in [0.29, 0.717) is 6.42 Å². The molecule has 0 spiro atoms. The van der Waals surface area contributed by atoms with Gasteiger partial charge in [-0.25, -0.2) is 12.2 Å². The van der Waals surface area contributed by atoms with Gasteiger partial charge in [-0.15, -0.1) is 36.8 Å². The summed E-state index contributed by atoms with van der Waals surface area (Å²) < 4.78 is 0. The Kier molecular flexibility index (Phi) is 60.0. The molecule has 2 N–H and O–H groups in total. The summed E-state index contributed by atoms with van der Waals surface area (Å²) >= 11 is 1.75. The normalized spacial score (nSPS) is 9.53. The molecular formula is C14H29Cl2NOTi-4. The Morgan fingerprint density at radius 1 is 1.37 bits per heavy atom. The molecule has 0 aliphatic heterocycles. The van der Waals surface area contributed by atoms with Crippen LogP contribution in [0.1, 0.15) is 33.6 Å². The third-order valence-corrected chi connectivity index (χ3v) is 0.744. The SMILES string of the molecule is CC(C)(C)[NH-].Cl.Cl.[C-]1=CC=CC1.[CH2-]CCO.[CH2]=[Ti].[CH3-]. The number of allylic oxidation sites excluding steroid dienone is 4.